The number of benzene rings is 1. The molecule has 76 valence electrons. The fourth-order valence-corrected chi connectivity index (χ4v) is 1.61. The van der Waals surface area contributed by atoms with E-state index in [2.05, 4.69) is 15.9 Å². The molecule has 1 rings (SSSR count). The molecule has 0 saturated heterocycles. The lowest BCUT2D eigenvalue weighted by molar-refractivity contribution is 0.595. The number of nitrogens with two attached hydrogens (primary N) is 1. The van der Waals surface area contributed by atoms with Crippen molar-refractivity contribution >= 4 is 15.9 Å². The Balaban J connectivity index is 3.07. The van der Waals surface area contributed by atoms with Gasteiger partial charge in [-0.3, -0.25) is 0 Å². The Labute approximate surface area is 91.9 Å². The van der Waals surface area contributed by atoms with E-state index >= 15 is 0 Å². The first-order valence-electron chi connectivity index (χ1n) is 4.37. The van der Waals surface area contributed by atoms with Gasteiger partial charge in [0, 0.05) is 5.56 Å². The van der Waals surface area contributed by atoms with Crippen molar-refractivity contribution in [3.63, 3.8) is 0 Å². The lowest BCUT2D eigenvalue weighted by atomic mass is 10.1. The van der Waals surface area contributed by atoms with Gasteiger partial charge < -0.3 is 5.73 Å². The summed E-state index contributed by atoms with van der Waals surface area (Å²) in [6, 6.07) is 4.76. The second-order valence-corrected chi connectivity index (χ2v) is 4.27. The Morgan fingerprint density at radius 3 is 2.71 bits per heavy atom. The minimum absolute atomic E-state index is 0.280. The zero-order valence-corrected chi connectivity index (χ0v) is 9.81. The Bertz CT molecular complexity index is 356. The van der Waals surface area contributed by atoms with E-state index < -0.39 is 0 Å². The molecule has 3 heteroatoms. The minimum atomic E-state index is -0.377. The number of rotatable bonds is 2. The van der Waals surface area contributed by atoms with Crippen LogP contribution in [0, 0.1) is 5.82 Å². The molecular formula is C11H13BrFN. The van der Waals surface area contributed by atoms with E-state index in [1.807, 2.05) is 19.9 Å². The van der Waals surface area contributed by atoms with E-state index in [4.69, 9.17) is 5.73 Å². The first-order chi connectivity index (χ1) is 6.52. The van der Waals surface area contributed by atoms with Gasteiger partial charge in [-0.05, 0) is 35.8 Å². The number of hydrogen-bond donors (Lipinski definition) is 1. The van der Waals surface area contributed by atoms with E-state index in [0.717, 1.165) is 5.57 Å². The molecule has 1 atom stereocenters. The summed E-state index contributed by atoms with van der Waals surface area (Å²) < 4.78 is 14.0. The number of hydrogen-bond acceptors (Lipinski definition) is 1. The fourth-order valence-electron chi connectivity index (χ4n) is 1.23. The molecule has 0 amide bonds. The van der Waals surface area contributed by atoms with Crippen molar-refractivity contribution in [2.45, 2.75) is 19.9 Å². The molecule has 0 fully saturated rings. The van der Waals surface area contributed by atoms with Crippen molar-refractivity contribution in [3.05, 3.63) is 45.7 Å². The largest absolute Gasteiger partial charge is 0.321 e. The SMILES string of the molecule is CC(C)=CC(N)c1cccc(Br)c1F. The molecule has 0 heterocycles. The van der Waals surface area contributed by atoms with Gasteiger partial charge in [0.25, 0.3) is 0 Å². The van der Waals surface area contributed by atoms with Crippen LogP contribution in [0.4, 0.5) is 4.39 Å². The molecule has 0 spiro atoms. The van der Waals surface area contributed by atoms with Gasteiger partial charge in [0.15, 0.2) is 0 Å². The predicted molar refractivity (Wildman–Crippen MR) is 60.5 cm³/mol. The molecule has 1 aromatic carbocycles. The van der Waals surface area contributed by atoms with Crippen molar-refractivity contribution in [1.82, 2.24) is 0 Å². The van der Waals surface area contributed by atoms with Gasteiger partial charge >= 0.3 is 0 Å². The molecular weight excluding hydrogens is 245 g/mol. The Hall–Kier alpha value is -0.670. The highest BCUT2D eigenvalue weighted by atomic mass is 79.9. The number of halogens is 2. The van der Waals surface area contributed by atoms with Crippen LogP contribution in [0.2, 0.25) is 0 Å². The summed E-state index contributed by atoms with van der Waals surface area (Å²) in [6.07, 6.45) is 1.84. The summed E-state index contributed by atoms with van der Waals surface area (Å²) in [5.41, 5.74) is 7.42. The molecule has 0 aliphatic carbocycles. The maximum Gasteiger partial charge on any atom is 0.142 e. The van der Waals surface area contributed by atoms with Gasteiger partial charge in [0.2, 0.25) is 0 Å². The maximum atomic E-state index is 13.5. The average Bonchev–Trinajstić information content (AvgIpc) is 2.08. The van der Waals surface area contributed by atoms with Crippen LogP contribution in [0.3, 0.4) is 0 Å². The quantitative estimate of drug-likeness (QED) is 0.806. The topological polar surface area (TPSA) is 26.0 Å². The van der Waals surface area contributed by atoms with Crippen molar-refractivity contribution in [2.24, 2.45) is 5.73 Å². The monoisotopic (exact) mass is 257 g/mol. The summed E-state index contributed by atoms with van der Waals surface area (Å²) in [5.74, 6) is -0.280. The smallest absolute Gasteiger partial charge is 0.142 e. The Morgan fingerprint density at radius 2 is 2.14 bits per heavy atom. The standard InChI is InChI=1S/C11H13BrFN/c1-7(2)6-10(14)8-4-3-5-9(12)11(8)13/h3-6,10H,14H2,1-2H3. The van der Waals surface area contributed by atoms with Gasteiger partial charge in [0.05, 0.1) is 10.5 Å². The predicted octanol–water partition coefficient (Wildman–Crippen LogP) is 3.55. The molecule has 0 aromatic heterocycles. The lowest BCUT2D eigenvalue weighted by Crippen LogP contribution is -2.09. The van der Waals surface area contributed by atoms with E-state index in [1.54, 1.807) is 18.2 Å². The van der Waals surface area contributed by atoms with E-state index in [9.17, 15) is 4.39 Å². The first kappa shape index (κ1) is 11.4. The van der Waals surface area contributed by atoms with Crippen LogP contribution in [0.25, 0.3) is 0 Å². The highest BCUT2D eigenvalue weighted by Gasteiger charge is 2.10. The molecule has 0 aliphatic rings. The van der Waals surface area contributed by atoms with Crippen LogP contribution < -0.4 is 5.73 Å². The van der Waals surface area contributed by atoms with Gasteiger partial charge in [-0.15, -0.1) is 0 Å². The van der Waals surface area contributed by atoms with Gasteiger partial charge in [0.1, 0.15) is 5.82 Å². The zero-order chi connectivity index (χ0) is 10.7. The highest BCUT2D eigenvalue weighted by Crippen LogP contribution is 2.23. The van der Waals surface area contributed by atoms with Crippen LogP contribution in [-0.4, -0.2) is 0 Å². The molecule has 1 nitrogen and oxygen atoms in total. The normalized spacial score (nSPS) is 12.4. The summed E-state index contributed by atoms with van der Waals surface area (Å²) >= 11 is 3.13. The number of allylic oxidation sites excluding steroid dienone is 1. The van der Waals surface area contributed by atoms with E-state index in [1.165, 1.54) is 0 Å². The lowest BCUT2D eigenvalue weighted by Gasteiger charge is -2.10. The van der Waals surface area contributed by atoms with Crippen LogP contribution in [0.15, 0.2) is 34.3 Å². The van der Waals surface area contributed by atoms with Crippen molar-refractivity contribution < 1.29 is 4.39 Å². The fraction of sp³-hybridized carbons (Fsp3) is 0.273. The van der Waals surface area contributed by atoms with Crippen molar-refractivity contribution in [3.8, 4) is 0 Å². The van der Waals surface area contributed by atoms with Crippen molar-refractivity contribution in [2.75, 3.05) is 0 Å². The van der Waals surface area contributed by atoms with Crippen molar-refractivity contribution in [1.29, 1.82) is 0 Å². The minimum Gasteiger partial charge on any atom is -0.321 e. The molecule has 1 aromatic rings. The second-order valence-electron chi connectivity index (χ2n) is 3.41. The van der Waals surface area contributed by atoms with E-state index in [-0.39, 0.29) is 11.9 Å². The summed E-state index contributed by atoms with van der Waals surface area (Å²) in [5, 5.41) is 0. The Kier molecular flexibility index (Phi) is 3.84. The van der Waals surface area contributed by atoms with Gasteiger partial charge in [-0.1, -0.05) is 23.8 Å². The van der Waals surface area contributed by atoms with Crippen LogP contribution >= 0.6 is 15.9 Å². The van der Waals surface area contributed by atoms with Crippen LogP contribution in [-0.2, 0) is 0 Å². The first-order valence-corrected chi connectivity index (χ1v) is 5.16. The maximum absolute atomic E-state index is 13.5. The molecule has 0 aliphatic heterocycles. The third-order valence-electron chi connectivity index (χ3n) is 1.85. The van der Waals surface area contributed by atoms with Crippen LogP contribution in [0.5, 0.6) is 0 Å². The zero-order valence-electron chi connectivity index (χ0n) is 8.22. The summed E-state index contributed by atoms with van der Waals surface area (Å²) in [7, 11) is 0. The summed E-state index contributed by atoms with van der Waals surface area (Å²) in [6.45, 7) is 3.88. The molecule has 0 saturated carbocycles. The third kappa shape index (κ3) is 2.66. The average molecular weight is 258 g/mol. The molecule has 0 radical (unpaired) electrons. The second kappa shape index (κ2) is 4.71. The Morgan fingerprint density at radius 1 is 1.50 bits per heavy atom. The van der Waals surface area contributed by atoms with Crippen LogP contribution in [0.1, 0.15) is 25.5 Å². The van der Waals surface area contributed by atoms with E-state index in [0.29, 0.717) is 10.0 Å². The molecule has 14 heavy (non-hydrogen) atoms. The van der Waals surface area contributed by atoms with Gasteiger partial charge in [-0.2, -0.15) is 0 Å². The third-order valence-corrected chi connectivity index (χ3v) is 2.47. The molecule has 0 bridgehead atoms. The summed E-state index contributed by atoms with van der Waals surface area (Å²) in [4.78, 5) is 0. The highest BCUT2D eigenvalue weighted by molar-refractivity contribution is 9.10. The molecule has 1 unspecified atom stereocenters. The van der Waals surface area contributed by atoms with Gasteiger partial charge in [-0.25, -0.2) is 4.39 Å². The molecule has 2 N–H and O–H groups in total.